The van der Waals surface area contributed by atoms with Crippen molar-refractivity contribution in [2.75, 3.05) is 19.7 Å². The van der Waals surface area contributed by atoms with E-state index >= 15 is 0 Å². The second-order valence-corrected chi connectivity index (χ2v) is 5.20. The van der Waals surface area contributed by atoms with Crippen LogP contribution < -0.4 is 10.1 Å². The number of piperidine rings is 1. The third-order valence-electron chi connectivity index (χ3n) is 3.85. The molecular formula is C15H18N2O3. The van der Waals surface area contributed by atoms with Crippen LogP contribution in [0.15, 0.2) is 24.3 Å². The molecule has 1 atom stereocenters. The number of benzene rings is 1. The molecule has 1 aromatic rings. The summed E-state index contributed by atoms with van der Waals surface area (Å²) in [5, 5.41) is 2.77. The number of amides is 2. The summed E-state index contributed by atoms with van der Waals surface area (Å²) in [6, 6.07) is 7.73. The van der Waals surface area contributed by atoms with Crippen LogP contribution in [0.1, 0.15) is 18.4 Å². The van der Waals surface area contributed by atoms with Gasteiger partial charge in [-0.25, -0.2) is 0 Å². The van der Waals surface area contributed by atoms with Crippen molar-refractivity contribution in [2.45, 2.75) is 19.4 Å². The topological polar surface area (TPSA) is 58.6 Å². The first kappa shape index (κ1) is 13.0. The molecule has 2 aliphatic heterocycles. The number of hydrogen-bond acceptors (Lipinski definition) is 3. The second-order valence-electron chi connectivity index (χ2n) is 5.20. The maximum Gasteiger partial charge on any atom is 0.235 e. The van der Waals surface area contributed by atoms with Gasteiger partial charge in [0.05, 0.1) is 6.54 Å². The van der Waals surface area contributed by atoms with Crippen molar-refractivity contribution in [2.24, 2.45) is 5.92 Å². The van der Waals surface area contributed by atoms with Crippen molar-refractivity contribution in [3.05, 3.63) is 29.8 Å². The molecule has 0 aliphatic carbocycles. The van der Waals surface area contributed by atoms with Gasteiger partial charge in [-0.05, 0) is 18.9 Å². The normalized spacial score (nSPS) is 22.3. The summed E-state index contributed by atoms with van der Waals surface area (Å²) in [5.41, 5.74) is 0.995. The Hall–Kier alpha value is -2.04. The lowest BCUT2D eigenvalue weighted by molar-refractivity contribution is -0.144. The number of fused-ring (bicyclic) bond motifs is 1. The molecule has 2 aliphatic rings. The van der Waals surface area contributed by atoms with Crippen molar-refractivity contribution in [3.8, 4) is 5.75 Å². The number of carbonyl (C=O) groups excluding carboxylic acids is 2. The highest BCUT2D eigenvalue weighted by Gasteiger charge is 2.33. The van der Waals surface area contributed by atoms with Gasteiger partial charge in [0.25, 0.3) is 0 Å². The van der Waals surface area contributed by atoms with Crippen LogP contribution in [0, 0.1) is 5.92 Å². The fourth-order valence-electron chi connectivity index (χ4n) is 2.74. The summed E-state index contributed by atoms with van der Waals surface area (Å²) in [6.07, 6.45) is 1.51. The zero-order chi connectivity index (χ0) is 13.9. The predicted molar refractivity (Wildman–Crippen MR) is 73.1 cm³/mol. The molecule has 2 amide bonds. The number of ether oxygens (including phenoxy) is 1. The average Bonchev–Trinajstić information content (AvgIpc) is 2.69. The van der Waals surface area contributed by atoms with Gasteiger partial charge in [0.15, 0.2) is 0 Å². The van der Waals surface area contributed by atoms with Gasteiger partial charge in [0, 0.05) is 18.7 Å². The summed E-state index contributed by atoms with van der Waals surface area (Å²) >= 11 is 0. The van der Waals surface area contributed by atoms with Crippen molar-refractivity contribution in [1.29, 1.82) is 0 Å². The van der Waals surface area contributed by atoms with E-state index in [4.69, 9.17) is 4.74 Å². The highest BCUT2D eigenvalue weighted by atomic mass is 16.5. The molecule has 0 spiro atoms. The van der Waals surface area contributed by atoms with Crippen LogP contribution >= 0.6 is 0 Å². The van der Waals surface area contributed by atoms with Gasteiger partial charge in [0.2, 0.25) is 11.8 Å². The van der Waals surface area contributed by atoms with E-state index in [1.807, 2.05) is 24.3 Å². The molecule has 2 heterocycles. The fraction of sp³-hybridized carbons (Fsp3) is 0.467. The third-order valence-corrected chi connectivity index (χ3v) is 3.85. The van der Waals surface area contributed by atoms with Gasteiger partial charge >= 0.3 is 0 Å². The van der Waals surface area contributed by atoms with E-state index in [2.05, 4.69) is 5.32 Å². The maximum atomic E-state index is 12.5. The molecule has 0 radical (unpaired) electrons. The minimum absolute atomic E-state index is 0.0810. The van der Waals surface area contributed by atoms with Crippen LogP contribution in [0.5, 0.6) is 5.75 Å². The largest absolute Gasteiger partial charge is 0.491 e. The van der Waals surface area contributed by atoms with Crippen LogP contribution in [0.4, 0.5) is 0 Å². The highest BCUT2D eigenvalue weighted by Crippen LogP contribution is 2.24. The van der Waals surface area contributed by atoms with Crippen molar-refractivity contribution < 1.29 is 14.3 Å². The SMILES string of the molecule is O=C1NCCCC1C(=O)N1CCOc2ccccc2C1. The minimum Gasteiger partial charge on any atom is -0.491 e. The monoisotopic (exact) mass is 274 g/mol. The minimum atomic E-state index is -0.533. The summed E-state index contributed by atoms with van der Waals surface area (Å²) in [6.45, 7) is 2.18. The molecular weight excluding hydrogens is 256 g/mol. The Bertz CT molecular complexity index is 530. The lowest BCUT2D eigenvalue weighted by Crippen LogP contribution is -2.47. The third kappa shape index (κ3) is 2.48. The summed E-state index contributed by atoms with van der Waals surface area (Å²) in [7, 11) is 0. The number of nitrogens with one attached hydrogen (secondary N) is 1. The fourth-order valence-corrected chi connectivity index (χ4v) is 2.74. The van der Waals surface area contributed by atoms with Crippen LogP contribution in [0.25, 0.3) is 0 Å². The zero-order valence-corrected chi connectivity index (χ0v) is 11.3. The molecule has 0 saturated carbocycles. The van der Waals surface area contributed by atoms with E-state index in [9.17, 15) is 9.59 Å². The second kappa shape index (κ2) is 5.53. The first-order valence-electron chi connectivity index (χ1n) is 7.03. The number of carbonyl (C=O) groups is 2. The molecule has 0 aromatic heterocycles. The van der Waals surface area contributed by atoms with E-state index in [0.717, 1.165) is 17.7 Å². The standard InChI is InChI=1S/C15H18N2O3/c18-14-12(5-3-7-16-14)15(19)17-8-9-20-13-6-2-1-4-11(13)10-17/h1-2,4,6,12H,3,5,7-10H2,(H,16,18). The Labute approximate surface area is 117 Å². The van der Waals surface area contributed by atoms with E-state index in [-0.39, 0.29) is 11.8 Å². The van der Waals surface area contributed by atoms with Gasteiger partial charge in [-0.15, -0.1) is 0 Å². The zero-order valence-electron chi connectivity index (χ0n) is 11.3. The van der Waals surface area contributed by atoms with Crippen LogP contribution in [0.3, 0.4) is 0 Å². The Morgan fingerprint density at radius 2 is 2.20 bits per heavy atom. The van der Waals surface area contributed by atoms with Crippen molar-refractivity contribution >= 4 is 11.8 Å². The van der Waals surface area contributed by atoms with E-state index in [1.165, 1.54) is 0 Å². The Morgan fingerprint density at radius 1 is 1.35 bits per heavy atom. The smallest absolute Gasteiger partial charge is 0.235 e. The van der Waals surface area contributed by atoms with Gasteiger partial charge in [-0.2, -0.15) is 0 Å². The molecule has 1 saturated heterocycles. The summed E-state index contributed by atoms with van der Waals surface area (Å²) in [4.78, 5) is 26.1. The molecule has 1 aromatic carbocycles. The van der Waals surface area contributed by atoms with Crippen LogP contribution in [-0.2, 0) is 16.1 Å². The summed E-state index contributed by atoms with van der Waals surface area (Å²) < 4.78 is 5.65. The quantitative estimate of drug-likeness (QED) is 0.775. The van der Waals surface area contributed by atoms with Crippen LogP contribution in [-0.4, -0.2) is 36.4 Å². The maximum absolute atomic E-state index is 12.5. The lowest BCUT2D eigenvalue weighted by Gasteiger charge is -2.27. The predicted octanol–water partition coefficient (Wildman–Crippen LogP) is 0.934. The highest BCUT2D eigenvalue weighted by molar-refractivity contribution is 6.00. The molecule has 106 valence electrons. The number of rotatable bonds is 1. The number of nitrogens with zero attached hydrogens (tertiary/aromatic N) is 1. The molecule has 3 rings (SSSR count). The van der Waals surface area contributed by atoms with Gasteiger partial charge in [-0.1, -0.05) is 18.2 Å². The number of para-hydroxylation sites is 1. The van der Waals surface area contributed by atoms with E-state index in [1.54, 1.807) is 4.90 Å². The first-order chi connectivity index (χ1) is 9.75. The Kier molecular flexibility index (Phi) is 3.58. The van der Waals surface area contributed by atoms with Crippen molar-refractivity contribution in [3.63, 3.8) is 0 Å². The molecule has 5 heteroatoms. The Morgan fingerprint density at radius 3 is 3.05 bits per heavy atom. The lowest BCUT2D eigenvalue weighted by atomic mass is 9.97. The van der Waals surface area contributed by atoms with Crippen molar-refractivity contribution in [1.82, 2.24) is 10.2 Å². The molecule has 0 bridgehead atoms. The number of hydrogen-bond donors (Lipinski definition) is 1. The molecule has 1 unspecified atom stereocenters. The van der Waals surface area contributed by atoms with E-state index in [0.29, 0.717) is 32.7 Å². The Balaban J connectivity index is 1.77. The van der Waals surface area contributed by atoms with Gasteiger partial charge < -0.3 is 15.0 Å². The van der Waals surface area contributed by atoms with Gasteiger partial charge in [-0.3, -0.25) is 9.59 Å². The molecule has 1 fully saturated rings. The van der Waals surface area contributed by atoms with E-state index < -0.39 is 5.92 Å². The molecule has 20 heavy (non-hydrogen) atoms. The van der Waals surface area contributed by atoms with Gasteiger partial charge in [0.1, 0.15) is 18.3 Å². The molecule has 1 N–H and O–H groups in total. The molecule has 5 nitrogen and oxygen atoms in total. The average molecular weight is 274 g/mol. The first-order valence-corrected chi connectivity index (χ1v) is 7.03. The summed E-state index contributed by atoms with van der Waals surface area (Å²) in [5.74, 6) is 0.0760. The van der Waals surface area contributed by atoms with Crippen LogP contribution in [0.2, 0.25) is 0 Å².